The van der Waals surface area contributed by atoms with Crippen LogP contribution in [0.15, 0.2) is 24.3 Å². The standard InChI is InChI=1S/C12H17NO3/c1-9(2)16-11-7-5-10(6-8-11)13(3)12(14)15-4/h5-9H,1-4H3. The van der Waals surface area contributed by atoms with E-state index in [9.17, 15) is 4.79 Å². The van der Waals surface area contributed by atoms with Crippen molar-refractivity contribution in [3.05, 3.63) is 24.3 Å². The number of anilines is 1. The van der Waals surface area contributed by atoms with Gasteiger partial charge in [0.15, 0.2) is 0 Å². The number of hydrogen-bond acceptors (Lipinski definition) is 3. The molecule has 0 saturated carbocycles. The zero-order valence-corrected chi connectivity index (χ0v) is 10.1. The van der Waals surface area contributed by atoms with Crippen LogP contribution >= 0.6 is 0 Å². The van der Waals surface area contributed by atoms with E-state index >= 15 is 0 Å². The third-order valence-corrected chi connectivity index (χ3v) is 2.04. The van der Waals surface area contributed by atoms with Gasteiger partial charge in [-0.05, 0) is 38.1 Å². The summed E-state index contributed by atoms with van der Waals surface area (Å²) >= 11 is 0. The fourth-order valence-corrected chi connectivity index (χ4v) is 1.26. The van der Waals surface area contributed by atoms with Crippen LogP contribution in [0.2, 0.25) is 0 Å². The van der Waals surface area contributed by atoms with Crippen LogP contribution in [0.5, 0.6) is 5.75 Å². The summed E-state index contributed by atoms with van der Waals surface area (Å²) in [4.78, 5) is 12.7. The summed E-state index contributed by atoms with van der Waals surface area (Å²) in [7, 11) is 3.01. The van der Waals surface area contributed by atoms with E-state index in [1.54, 1.807) is 7.05 Å². The van der Waals surface area contributed by atoms with Gasteiger partial charge >= 0.3 is 6.09 Å². The van der Waals surface area contributed by atoms with Gasteiger partial charge in [-0.3, -0.25) is 4.90 Å². The third kappa shape index (κ3) is 3.15. The zero-order valence-electron chi connectivity index (χ0n) is 10.1. The van der Waals surface area contributed by atoms with Crippen molar-refractivity contribution in [3.63, 3.8) is 0 Å². The lowest BCUT2D eigenvalue weighted by molar-refractivity contribution is 0.180. The van der Waals surface area contributed by atoms with Gasteiger partial charge in [-0.15, -0.1) is 0 Å². The molecule has 4 nitrogen and oxygen atoms in total. The number of amides is 1. The number of methoxy groups -OCH3 is 1. The van der Waals surface area contributed by atoms with E-state index < -0.39 is 6.09 Å². The van der Waals surface area contributed by atoms with Gasteiger partial charge in [0.1, 0.15) is 5.75 Å². The minimum atomic E-state index is -0.391. The minimum Gasteiger partial charge on any atom is -0.491 e. The van der Waals surface area contributed by atoms with E-state index in [1.165, 1.54) is 12.0 Å². The molecule has 0 N–H and O–H groups in total. The molecule has 0 unspecified atom stereocenters. The Hall–Kier alpha value is -1.71. The molecule has 1 aromatic rings. The van der Waals surface area contributed by atoms with E-state index in [0.717, 1.165) is 11.4 Å². The van der Waals surface area contributed by atoms with Gasteiger partial charge in [-0.2, -0.15) is 0 Å². The van der Waals surface area contributed by atoms with Crippen molar-refractivity contribution in [2.45, 2.75) is 20.0 Å². The fourth-order valence-electron chi connectivity index (χ4n) is 1.26. The summed E-state index contributed by atoms with van der Waals surface area (Å²) in [5.74, 6) is 0.789. The Bertz CT molecular complexity index is 346. The number of benzene rings is 1. The van der Waals surface area contributed by atoms with E-state index in [4.69, 9.17) is 4.74 Å². The summed E-state index contributed by atoms with van der Waals surface area (Å²) in [6, 6.07) is 7.28. The number of carbonyl (C=O) groups is 1. The maximum absolute atomic E-state index is 11.2. The Morgan fingerprint density at radius 3 is 2.25 bits per heavy atom. The van der Waals surface area contributed by atoms with Crippen LogP contribution in [0.25, 0.3) is 0 Å². The van der Waals surface area contributed by atoms with Crippen LogP contribution in [-0.4, -0.2) is 26.4 Å². The Kier molecular flexibility index (Phi) is 4.17. The Balaban J connectivity index is 2.74. The second kappa shape index (κ2) is 5.39. The fraction of sp³-hybridized carbons (Fsp3) is 0.417. The number of rotatable bonds is 3. The lowest BCUT2D eigenvalue weighted by Gasteiger charge is -2.16. The molecule has 0 fully saturated rings. The van der Waals surface area contributed by atoms with E-state index in [2.05, 4.69) is 4.74 Å². The van der Waals surface area contributed by atoms with Gasteiger partial charge in [-0.25, -0.2) is 4.79 Å². The third-order valence-electron chi connectivity index (χ3n) is 2.04. The number of nitrogens with zero attached hydrogens (tertiary/aromatic N) is 1. The molecule has 0 heterocycles. The van der Waals surface area contributed by atoms with Gasteiger partial charge in [0.25, 0.3) is 0 Å². The molecule has 0 spiro atoms. The SMILES string of the molecule is COC(=O)N(C)c1ccc(OC(C)C)cc1. The van der Waals surface area contributed by atoms with E-state index in [0.29, 0.717) is 0 Å². The maximum Gasteiger partial charge on any atom is 0.413 e. The van der Waals surface area contributed by atoms with Crippen molar-refractivity contribution >= 4 is 11.8 Å². The van der Waals surface area contributed by atoms with Gasteiger partial charge in [0, 0.05) is 12.7 Å². The highest BCUT2D eigenvalue weighted by Gasteiger charge is 2.10. The van der Waals surface area contributed by atoms with Crippen LogP contribution in [-0.2, 0) is 4.74 Å². The molecule has 0 bridgehead atoms. The molecule has 0 atom stereocenters. The average molecular weight is 223 g/mol. The van der Waals surface area contributed by atoms with Crippen molar-refractivity contribution in [2.75, 3.05) is 19.1 Å². The lowest BCUT2D eigenvalue weighted by atomic mass is 10.3. The van der Waals surface area contributed by atoms with Gasteiger partial charge in [-0.1, -0.05) is 0 Å². The molecule has 1 amide bonds. The van der Waals surface area contributed by atoms with Crippen LogP contribution < -0.4 is 9.64 Å². The highest BCUT2D eigenvalue weighted by Crippen LogP contribution is 2.19. The summed E-state index contributed by atoms with van der Waals surface area (Å²) in [6.07, 6.45) is -0.248. The molecule has 0 aliphatic heterocycles. The molecular formula is C12H17NO3. The Labute approximate surface area is 95.8 Å². The highest BCUT2D eigenvalue weighted by molar-refractivity contribution is 5.86. The molecule has 0 aliphatic rings. The summed E-state index contributed by atoms with van der Waals surface area (Å²) in [6.45, 7) is 3.93. The zero-order chi connectivity index (χ0) is 12.1. The summed E-state index contributed by atoms with van der Waals surface area (Å²) in [5.41, 5.74) is 0.767. The van der Waals surface area contributed by atoms with Crippen molar-refractivity contribution in [1.82, 2.24) is 0 Å². The molecule has 0 radical (unpaired) electrons. The smallest absolute Gasteiger partial charge is 0.413 e. The predicted octanol–water partition coefficient (Wildman–Crippen LogP) is 2.68. The second-order valence-electron chi connectivity index (χ2n) is 3.69. The van der Waals surface area contributed by atoms with Gasteiger partial charge < -0.3 is 9.47 Å². The second-order valence-corrected chi connectivity index (χ2v) is 3.69. The highest BCUT2D eigenvalue weighted by atomic mass is 16.5. The molecule has 0 aliphatic carbocycles. The van der Waals surface area contributed by atoms with Gasteiger partial charge in [0.2, 0.25) is 0 Å². The van der Waals surface area contributed by atoms with Crippen molar-refractivity contribution in [3.8, 4) is 5.75 Å². The minimum absolute atomic E-state index is 0.143. The van der Waals surface area contributed by atoms with Crippen molar-refractivity contribution < 1.29 is 14.3 Å². The molecule has 16 heavy (non-hydrogen) atoms. The summed E-state index contributed by atoms with van der Waals surface area (Å²) in [5, 5.41) is 0. The monoisotopic (exact) mass is 223 g/mol. The van der Waals surface area contributed by atoms with Crippen LogP contribution in [0.4, 0.5) is 10.5 Å². The van der Waals surface area contributed by atoms with Crippen molar-refractivity contribution in [1.29, 1.82) is 0 Å². The van der Waals surface area contributed by atoms with E-state index in [-0.39, 0.29) is 6.10 Å². The number of carbonyl (C=O) groups excluding carboxylic acids is 1. The molecular weight excluding hydrogens is 206 g/mol. The lowest BCUT2D eigenvalue weighted by Crippen LogP contribution is -2.25. The van der Waals surface area contributed by atoms with Crippen LogP contribution in [0.1, 0.15) is 13.8 Å². The first-order valence-corrected chi connectivity index (χ1v) is 5.13. The van der Waals surface area contributed by atoms with Gasteiger partial charge in [0.05, 0.1) is 13.2 Å². The topological polar surface area (TPSA) is 38.8 Å². The first kappa shape index (κ1) is 12.4. The average Bonchev–Trinajstić information content (AvgIpc) is 2.27. The first-order valence-electron chi connectivity index (χ1n) is 5.13. The Morgan fingerprint density at radius 1 is 1.25 bits per heavy atom. The molecule has 88 valence electrons. The number of ether oxygens (including phenoxy) is 2. The first-order chi connectivity index (χ1) is 7.54. The number of hydrogen-bond donors (Lipinski definition) is 0. The maximum atomic E-state index is 11.2. The molecule has 0 aromatic heterocycles. The predicted molar refractivity (Wildman–Crippen MR) is 63.0 cm³/mol. The molecule has 1 aromatic carbocycles. The quantitative estimate of drug-likeness (QED) is 0.790. The van der Waals surface area contributed by atoms with Crippen LogP contribution in [0.3, 0.4) is 0 Å². The van der Waals surface area contributed by atoms with Crippen LogP contribution in [0, 0.1) is 0 Å². The normalized spacial score (nSPS) is 10.1. The largest absolute Gasteiger partial charge is 0.491 e. The molecule has 1 rings (SSSR count). The molecule has 4 heteroatoms. The Morgan fingerprint density at radius 2 is 1.81 bits per heavy atom. The molecule has 0 saturated heterocycles. The van der Waals surface area contributed by atoms with E-state index in [1.807, 2.05) is 38.1 Å². The summed E-state index contributed by atoms with van der Waals surface area (Å²) < 4.78 is 10.1. The van der Waals surface area contributed by atoms with Crippen molar-refractivity contribution in [2.24, 2.45) is 0 Å².